The van der Waals surface area contributed by atoms with Gasteiger partial charge in [-0.05, 0) is 36.1 Å². The van der Waals surface area contributed by atoms with E-state index >= 15 is 0 Å². The first-order chi connectivity index (χ1) is 13.8. The van der Waals surface area contributed by atoms with Gasteiger partial charge in [-0.3, -0.25) is 14.5 Å². The summed E-state index contributed by atoms with van der Waals surface area (Å²) in [5.74, 6) is 0.537. The van der Waals surface area contributed by atoms with E-state index in [1.165, 1.54) is 0 Å². The predicted molar refractivity (Wildman–Crippen MR) is 111 cm³/mol. The number of hydrogen-bond acceptors (Lipinski definition) is 5. The standard InChI is InChI=1S/C22H32N4O3/c1-15(2)19(14-23)25-10-12-26(13-11-25)22(28)20(16(3)4)24-21(27)17-6-8-18(29-5)9-7-17/h6-9,15-16,19-20H,10-13H2,1-5H3,(H,24,27). The minimum atomic E-state index is -0.590. The van der Waals surface area contributed by atoms with Crippen LogP contribution in [-0.2, 0) is 4.79 Å². The zero-order valence-electron chi connectivity index (χ0n) is 18.0. The molecule has 0 saturated carbocycles. The number of ether oxygens (including phenoxy) is 1. The van der Waals surface area contributed by atoms with Gasteiger partial charge in [0.25, 0.3) is 5.91 Å². The van der Waals surface area contributed by atoms with Crippen molar-refractivity contribution in [3.8, 4) is 11.8 Å². The summed E-state index contributed by atoms with van der Waals surface area (Å²) in [4.78, 5) is 29.7. The van der Waals surface area contributed by atoms with E-state index < -0.39 is 6.04 Å². The number of piperazine rings is 1. The predicted octanol–water partition coefficient (Wildman–Crippen LogP) is 2.14. The summed E-state index contributed by atoms with van der Waals surface area (Å²) in [5.41, 5.74) is 0.489. The third-order valence-electron chi connectivity index (χ3n) is 5.35. The lowest BCUT2D eigenvalue weighted by molar-refractivity contribution is -0.136. The Morgan fingerprint density at radius 2 is 1.62 bits per heavy atom. The molecule has 0 aliphatic carbocycles. The monoisotopic (exact) mass is 400 g/mol. The van der Waals surface area contributed by atoms with Gasteiger partial charge in [0.2, 0.25) is 5.91 Å². The molecule has 1 aromatic rings. The van der Waals surface area contributed by atoms with Crippen LogP contribution in [-0.4, -0.2) is 67.0 Å². The molecular weight excluding hydrogens is 368 g/mol. The number of amides is 2. The Bertz CT molecular complexity index is 731. The zero-order chi connectivity index (χ0) is 21.6. The van der Waals surface area contributed by atoms with Crippen molar-refractivity contribution in [2.45, 2.75) is 39.8 Å². The van der Waals surface area contributed by atoms with Gasteiger partial charge in [-0.1, -0.05) is 27.7 Å². The van der Waals surface area contributed by atoms with Crippen molar-refractivity contribution in [3.05, 3.63) is 29.8 Å². The number of benzene rings is 1. The average Bonchev–Trinajstić information content (AvgIpc) is 2.72. The minimum Gasteiger partial charge on any atom is -0.497 e. The van der Waals surface area contributed by atoms with Crippen LogP contribution in [0.3, 0.4) is 0 Å². The highest BCUT2D eigenvalue weighted by Crippen LogP contribution is 2.16. The van der Waals surface area contributed by atoms with Crippen molar-refractivity contribution in [1.29, 1.82) is 5.26 Å². The normalized spacial score (nSPS) is 17.0. The van der Waals surface area contributed by atoms with Crippen molar-refractivity contribution >= 4 is 11.8 Å². The van der Waals surface area contributed by atoms with Gasteiger partial charge in [0.05, 0.1) is 13.2 Å². The van der Waals surface area contributed by atoms with E-state index in [2.05, 4.69) is 16.3 Å². The molecule has 1 aliphatic rings. The lowest BCUT2D eigenvalue weighted by Gasteiger charge is -2.39. The maximum Gasteiger partial charge on any atom is 0.251 e. The van der Waals surface area contributed by atoms with E-state index in [0.717, 1.165) is 0 Å². The van der Waals surface area contributed by atoms with Crippen molar-refractivity contribution < 1.29 is 14.3 Å². The highest BCUT2D eigenvalue weighted by Gasteiger charge is 2.33. The Labute approximate surface area is 173 Å². The maximum atomic E-state index is 13.1. The van der Waals surface area contributed by atoms with Gasteiger partial charge >= 0.3 is 0 Å². The summed E-state index contributed by atoms with van der Waals surface area (Å²) in [6, 6.07) is 8.45. The molecule has 7 heteroatoms. The molecule has 0 radical (unpaired) electrons. The second kappa shape index (κ2) is 10.3. The van der Waals surface area contributed by atoms with Crippen LogP contribution in [0, 0.1) is 23.2 Å². The third-order valence-corrected chi connectivity index (χ3v) is 5.35. The summed E-state index contributed by atoms with van der Waals surface area (Å²) in [6.45, 7) is 10.4. The van der Waals surface area contributed by atoms with Gasteiger partial charge < -0.3 is 15.0 Å². The molecule has 0 aromatic heterocycles. The minimum absolute atomic E-state index is 0.0368. The highest BCUT2D eigenvalue weighted by molar-refractivity contribution is 5.97. The first-order valence-corrected chi connectivity index (χ1v) is 10.2. The van der Waals surface area contributed by atoms with E-state index in [1.54, 1.807) is 36.3 Å². The molecule has 0 bridgehead atoms. The molecule has 2 amide bonds. The largest absolute Gasteiger partial charge is 0.497 e. The van der Waals surface area contributed by atoms with Crippen molar-refractivity contribution in [2.24, 2.45) is 11.8 Å². The van der Waals surface area contributed by atoms with Crippen LogP contribution in [0.15, 0.2) is 24.3 Å². The molecule has 1 aliphatic heterocycles. The summed E-state index contributed by atoms with van der Waals surface area (Å²) in [6.07, 6.45) is 0. The van der Waals surface area contributed by atoms with Gasteiger partial charge in [-0.2, -0.15) is 5.26 Å². The smallest absolute Gasteiger partial charge is 0.251 e. The van der Waals surface area contributed by atoms with Crippen LogP contribution in [0.2, 0.25) is 0 Å². The molecule has 2 atom stereocenters. The second-order valence-corrected chi connectivity index (χ2v) is 8.10. The molecule has 29 heavy (non-hydrogen) atoms. The molecule has 1 N–H and O–H groups in total. The van der Waals surface area contributed by atoms with Crippen LogP contribution < -0.4 is 10.1 Å². The van der Waals surface area contributed by atoms with Crippen LogP contribution in [0.1, 0.15) is 38.1 Å². The molecule has 1 aromatic carbocycles. The zero-order valence-corrected chi connectivity index (χ0v) is 18.0. The molecular formula is C22H32N4O3. The Balaban J connectivity index is 2.01. The van der Waals surface area contributed by atoms with E-state index in [9.17, 15) is 14.9 Å². The molecule has 7 nitrogen and oxygen atoms in total. The Kier molecular flexibility index (Phi) is 8.03. The molecule has 1 heterocycles. The van der Waals surface area contributed by atoms with E-state index in [4.69, 9.17) is 4.74 Å². The van der Waals surface area contributed by atoms with E-state index in [1.807, 2.05) is 27.7 Å². The van der Waals surface area contributed by atoms with Crippen molar-refractivity contribution in [2.75, 3.05) is 33.3 Å². The number of carbonyl (C=O) groups excluding carboxylic acids is 2. The van der Waals surface area contributed by atoms with Crippen molar-refractivity contribution in [1.82, 2.24) is 15.1 Å². The summed E-state index contributed by atoms with van der Waals surface area (Å²) < 4.78 is 5.12. The van der Waals surface area contributed by atoms with Crippen molar-refractivity contribution in [3.63, 3.8) is 0 Å². The fraction of sp³-hybridized carbons (Fsp3) is 0.591. The number of carbonyl (C=O) groups is 2. The molecule has 2 unspecified atom stereocenters. The molecule has 1 saturated heterocycles. The highest BCUT2D eigenvalue weighted by atomic mass is 16.5. The summed E-state index contributed by atoms with van der Waals surface area (Å²) in [5, 5.41) is 12.3. The number of nitrogens with one attached hydrogen (secondary N) is 1. The first kappa shape index (κ1) is 22.7. The fourth-order valence-corrected chi connectivity index (χ4v) is 3.55. The van der Waals surface area contributed by atoms with E-state index in [0.29, 0.717) is 37.5 Å². The quantitative estimate of drug-likeness (QED) is 0.758. The number of methoxy groups -OCH3 is 1. The van der Waals surface area contributed by atoms with Crippen LogP contribution in [0.25, 0.3) is 0 Å². The number of nitrogens with zero attached hydrogens (tertiary/aromatic N) is 3. The SMILES string of the molecule is COc1ccc(C(=O)NC(C(=O)N2CCN(C(C#N)C(C)C)CC2)C(C)C)cc1. The first-order valence-electron chi connectivity index (χ1n) is 10.2. The molecule has 0 spiro atoms. The summed E-state index contributed by atoms with van der Waals surface area (Å²) in [7, 11) is 1.57. The lowest BCUT2D eigenvalue weighted by Crippen LogP contribution is -2.58. The molecule has 2 rings (SSSR count). The van der Waals surface area contributed by atoms with Crippen LogP contribution >= 0.6 is 0 Å². The number of nitriles is 1. The van der Waals surface area contributed by atoms with Crippen LogP contribution in [0.4, 0.5) is 0 Å². The van der Waals surface area contributed by atoms with Gasteiger partial charge in [-0.15, -0.1) is 0 Å². The number of rotatable bonds is 7. The third kappa shape index (κ3) is 5.70. The Morgan fingerprint density at radius 3 is 2.07 bits per heavy atom. The average molecular weight is 401 g/mol. The topological polar surface area (TPSA) is 85.7 Å². The van der Waals surface area contributed by atoms with Gasteiger partial charge in [-0.25, -0.2) is 0 Å². The lowest BCUT2D eigenvalue weighted by atomic mass is 10.0. The van der Waals surface area contributed by atoms with Gasteiger partial charge in [0.15, 0.2) is 0 Å². The number of hydrogen-bond donors (Lipinski definition) is 1. The van der Waals surface area contributed by atoms with Gasteiger partial charge in [0, 0.05) is 31.7 Å². The second-order valence-electron chi connectivity index (χ2n) is 8.10. The Hall–Kier alpha value is -2.59. The van der Waals surface area contributed by atoms with Crippen LogP contribution in [0.5, 0.6) is 5.75 Å². The van der Waals surface area contributed by atoms with Gasteiger partial charge in [0.1, 0.15) is 17.8 Å². The maximum absolute atomic E-state index is 13.1. The summed E-state index contributed by atoms with van der Waals surface area (Å²) >= 11 is 0. The van der Waals surface area contributed by atoms with E-state index in [-0.39, 0.29) is 29.7 Å². The Morgan fingerprint density at radius 1 is 1.03 bits per heavy atom. The molecule has 158 valence electrons. The molecule has 1 fully saturated rings. The fourth-order valence-electron chi connectivity index (χ4n) is 3.55.